The van der Waals surface area contributed by atoms with Gasteiger partial charge in [0.25, 0.3) is 0 Å². The van der Waals surface area contributed by atoms with E-state index >= 15 is 0 Å². The van der Waals surface area contributed by atoms with E-state index in [2.05, 4.69) is 6.07 Å². The van der Waals surface area contributed by atoms with Crippen LogP contribution in [0.15, 0.2) is 36.4 Å². The van der Waals surface area contributed by atoms with Crippen molar-refractivity contribution in [1.82, 2.24) is 0 Å². The first-order valence-electron chi connectivity index (χ1n) is 6.82. The summed E-state index contributed by atoms with van der Waals surface area (Å²) in [4.78, 5) is 19.1. The van der Waals surface area contributed by atoms with Crippen LogP contribution in [0.5, 0.6) is 5.75 Å². The van der Waals surface area contributed by atoms with Crippen LogP contribution in [-0.2, 0) is 9.59 Å². The van der Waals surface area contributed by atoms with Gasteiger partial charge in [-0.2, -0.15) is 5.26 Å². The summed E-state index contributed by atoms with van der Waals surface area (Å²) < 4.78 is 5.77. The Kier molecular flexibility index (Phi) is 7.20. The number of nitrogens with zero attached hydrogens (tertiary/aromatic N) is 1. The Morgan fingerprint density at radius 1 is 1.14 bits per heavy atom. The van der Waals surface area contributed by atoms with Crippen LogP contribution >= 0.6 is 0 Å². The number of hydrogen-bond acceptors (Lipinski definition) is 4. The lowest BCUT2D eigenvalue weighted by Gasteiger charge is -2.13. The van der Waals surface area contributed by atoms with Gasteiger partial charge in [0.15, 0.2) is 0 Å². The summed E-state index contributed by atoms with van der Waals surface area (Å²) in [5, 5.41) is 24.5. The van der Waals surface area contributed by atoms with E-state index in [1.807, 2.05) is 18.2 Å². The lowest BCUT2D eigenvalue weighted by atomic mass is 10.2. The minimum Gasteiger partial charge on any atom is -0.489 e. The molecule has 1 aromatic rings. The van der Waals surface area contributed by atoms with Crippen molar-refractivity contribution in [2.24, 2.45) is 0 Å². The lowest BCUT2D eigenvalue weighted by Crippen LogP contribution is -2.11. The first-order valence-corrected chi connectivity index (χ1v) is 6.82. The molecule has 2 N–H and O–H groups in total. The quantitative estimate of drug-likeness (QED) is 0.828. The standard InChI is InChI=1S/C12H13NO.C4H4O4/c13-9-10-5-1-4-8-12(10)14-11-6-2-3-7-11;5-3(6)1-2-4(7)8/h1,4-5,8,11H,2-3,6-7H2;1-2H,(H,5,6)(H,7,8)/b;2-1-. The third-order valence-corrected chi connectivity index (χ3v) is 2.97. The predicted molar refractivity (Wildman–Crippen MR) is 78.5 cm³/mol. The molecule has 1 aromatic carbocycles. The van der Waals surface area contributed by atoms with E-state index in [0.717, 1.165) is 18.6 Å². The van der Waals surface area contributed by atoms with Gasteiger partial charge in [0.2, 0.25) is 0 Å². The molecule has 0 radical (unpaired) electrons. The van der Waals surface area contributed by atoms with E-state index in [-0.39, 0.29) is 0 Å². The van der Waals surface area contributed by atoms with Gasteiger partial charge in [-0.3, -0.25) is 0 Å². The summed E-state index contributed by atoms with van der Waals surface area (Å²) >= 11 is 0. The number of carbonyl (C=O) groups is 2. The monoisotopic (exact) mass is 303 g/mol. The zero-order chi connectivity index (χ0) is 16.4. The molecule has 0 atom stereocenters. The highest BCUT2D eigenvalue weighted by Crippen LogP contribution is 2.25. The number of nitriles is 1. The zero-order valence-corrected chi connectivity index (χ0v) is 11.9. The van der Waals surface area contributed by atoms with E-state index in [4.69, 9.17) is 20.2 Å². The molecule has 2 rings (SSSR count). The SMILES string of the molecule is N#Cc1ccccc1OC1CCCC1.O=C(O)/C=C\C(=O)O. The van der Waals surface area contributed by atoms with Crippen LogP contribution in [0.2, 0.25) is 0 Å². The Hall–Kier alpha value is -2.81. The Labute approximate surface area is 128 Å². The lowest BCUT2D eigenvalue weighted by molar-refractivity contribution is -0.134. The van der Waals surface area contributed by atoms with Gasteiger partial charge in [-0.25, -0.2) is 9.59 Å². The molecule has 116 valence electrons. The van der Waals surface area contributed by atoms with Gasteiger partial charge >= 0.3 is 11.9 Å². The maximum Gasteiger partial charge on any atom is 0.328 e. The number of benzene rings is 1. The number of rotatable bonds is 4. The molecule has 1 fully saturated rings. The molecule has 0 saturated heterocycles. The fourth-order valence-electron chi connectivity index (χ4n) is 1.99. The largest absolute Gasteiger partial charge is 0.489 e. The molecule has 0 aromatic heterocycles. The molecule has 6 heteroatoms. The van der Waals surface area contributed by atoms with Gasteiger partial charge in [-0.15, -0.1) is 0 Å². The van der Waals surface area contributed by atoms with Crippen molar-refractivity contribution < 1.29 is 24.5 Å². The van der Waals surface area contributed by atoms with Crippen LogP contribution in [0.3, 0.4) is 0 Å². The van der Waals surface area contributed by atoms with Crippen molar-refractivity contribution in [1.29, 1.82) is 5.26 Å². The highest BCUT2D eigenvalue weighted by molar-refractivity contribution is 5.89. The molecule has 0 amide bonds. The average Bonchev–Trinajstić information content (AvgIpc) is 2.99. The smallest absolute Gasteiger partial charge is 0.328 e. The minimum atomic E-state index is -1.26. The van der Waals surface area contributed by atoms with Gasteiger partial charge in [0, 0.05) is 12.2 Å². The van der Waals surface area contributed by atoms with E-state index in [1.165, 1.54) is 12.8 Å². The van der Waals surface area contributed by atoms with Crippen molar-refractivity contribution in [3.8, 4) is 11.8 Å². The highest BCUT2D eigenvalue weighted by atomic mass is 16.5. The van der Waals surface area contributed by atoms with Gasteiger partial charge < -0.3 is 14.9 Å². The first-order chi connectivity index (χ1) is 10.5. The normalized spacial score (nSPS) is 14.0. The van der Waals surface area contributed by atoms with Crippen molar-refractivity contribution in [3.63, 3.8) is 0 Å². The van der Waals surface area contributed by atoms with Crippen molar-refractivity contribution in [2.45, 2.75) is 31.8 Å². The number of ether oxygens (including phenoxy) is 1. The van der Waals surface area contributed by atoms with Crippen LogP contribution < -0.4 is 4.74 Å². The molecule has 1 saturated carbocycles. The van der Waals surface area contributed by atoms with Crippen molar-refractivity contribution in [3.05, 3.63) is 42.0 Å². The number of hydrogen-bond donors (Lipinski definition) is 2. The molecule has 6 nitrogen and oxygen atoms in total. The van der Waals surface area contributed by atoms with Gasteiger partial charge in [0.05, 0.1) is 11.7 Å². The average molecular weight is 303 g/mol. The summed E-state index contributed by atoms with van der Waals surface area (Å²) in [6, 6.07) is 9.58. The Bertz CT molecular complexity index is 566. The topological polar surface area (TPSA) is 108 Å². The molecule has 0 unspecified atom stereocenters. The molecule has 0 bridgehead atoms. The highest BCUT2D eigenvalue weighted by Gasteiger charge is 2.17. The van der Waals surface area contributed by atoms with Crippen LogP contribution in [-0.4, -0.2) is 28.3 Å². The van der Waals surface area contributed by atoms with Gasteiger partial charge in [-0.1, -0.05) is 12.1 Å². The summed E-state index contributed by atoms with van der Waals surface area (Å²) in [5.41, 5.74) is 0.638. The Balaban J connectivity index is 0.000000261. The minimum absolute atomic E-state index is 0.324. The number of carboxylic acids is 2. The molecule has 0 heterocycles. The fourth-order valence-corrected chi connectivity index (χ4v) is 1.99. The maximum absolute atomic E-state index is 9.55. The summed E-state index contributed by atoms with van der Waals surface area (Å²) in [6.07, 6.45) is 6.19. The summed E-state index contributed by atoms with van der Waals surface area (Å²) in [7, 11) is 0. The van der Waals surface area contributed by atoms with Crippen LogP contribution in [0, 0.1) is 11.3 Å². The Morgan fingerprint density at radius 3 is 2.18 bits per heavy atom. The molecule has 22 heavy (non-hydrogen) atoms. The van der Waals surface area contributed by atoms with Crippen LogP contribution in [0.4, 0.5) is 0 Å². The molecular formula is C16H17NO5. The van der Waals surface area contributed by atoms with E-state index in [0.29, 0.717) is 23.8 Å². The van der Waals surface area contributed by atoms with Crippen LogP contribution in [0.1, 0.15) is 31.2 Å². The zero-order valence-electron chi connectivity index (χ0n) is 11.9. The number of carboxylic acid groups (broad SMARTS) is 2. The molecule has 0 spiro atoms. The molecule has 0 aliphatic heterocycles. The molecular weight excluding hydrogens is 286 g/mol. The van der Waals surface area contributed by atoms with E-state index < -0.39 is 11.9 Å². The number of aliphatic carboxylic acids is 2. The Morgan fingerprint density at radius 2 is 1.68 bits per heavy atom. The van der Waals surface area contributed by atoms with Gasteiger partial charge in [-0.05, 0) is 37.8 Å². The van der Waals surface area contributed by atoms with Crippen molar-refractivity contribution in [2.75, 3.05) is 0 Å². The van der Waals surface area contributed by atoms with E-state index in [9.17, 15) is 9.59 Å². The predicted octanol–water partition coefficient (Wildman–Crippen LogP) is 2.59. The van der Waals surface area contributed by atoms with Crippen LogP contribution in [0.25, 0.3) is 0 Å². The fraction of sp³-hybridized carbons (Fsp3) is 0.312. The number of para-hydroxylation sites is 1. The second kappa shape index (κ2) is 9.19. The molecule has 1 aliphatic rings. The third kappa shape index (κ3) is 6.57. The maximum atomic E-state index is 9.55. The van der Waals surface area contributed by atoms with E-state index in [1.54, 1.807) is 6.07 Å². The summed E-state index contributed by atoms with van der Waals surface area (Å²) in [6.45, 7) is 0. The molecule has 1 aliphatic carbocycles. The second-order valence-corrected chi connectivity index (χ2v) is 4.64. The third-order valence-electron chi connectivity index (χ3n) is 2.97. The second-order valence-electron chi connectivity index (χ2n) is 4.64. The summed E-state index contributed by atoms with van der Waals surface area (Å²) in [5.74, 6) is -1.78. The van der Waals surface area contributed by atoms with Gasteiger partial charge in [0.1, 0.15) is 11.8 Å². The first kappa shape index (κ1) is 17.2. The van der Waals surface area contributed by atoms with Crippen molar-refractivity contribution >= 4 is 11.9 Å².